The topological polar surface area (TPSA) is 80.8 Å². The summed E-state index contributed by atoms with van der Waals surface area (Å²) < 4.78 is 0. The fraction of sp³-hybridized carbons (Fsp3) is 0.480. The summed E-state index contributed by atoms with van der Waals surface area (Å²) in [5.74, 6) is 0.174. The number of urea groups is 1. The summed E-state index contributed by atoms with van der Waals surface area (Å²) in [6.45, 7) is 10.0. The molecule has 0 aliphatic carbocycles. The fourth-order valence-electron chi connectivity index (χ4n) is 4.77. The number of pyridine rings is 1. The van der Waals surface area contributed by atoms with Crippen LogP contribution < -0.4 is 15.5 Å². The molecule has 8 heteroatoms. The van der Waals surface area contributed by atoms with E-state index in [1.807, 2.05) is 6.07 Å². The first-order valence-electron chi connectivity index (χ1n) is 12.0. The molecular weight excluding hydrogens is 416 g/mol. The van der Waals surface area contributed by atoms with Crippen molar-refractivity contribution in [3.05, 3.63) is 48.2 Å². The number of nitrogens with one attached hydrogen (secondary N) is 2. The highest BCUT2D eigenvalue weighted by molar-refractivity contribution is 6.16. The number of rotatable bonds is 7. The van der Waals surface area contributed by atoms with E-state index >= 15 is 0 Å². The van der Waals surface area contributed by atoms with Gasteiger partial charge in [0.05, 0.1) is 16.9 Å². The van der Waals surface area contributed by atoms with Crippen LogP contribution in [-0.4, -0.2) is 72.0 Å². The van der Waals surface area contributed by atoms with Gasteiger partial charge in [0.2, 0.25) is 0 Å². The number of anilines is 3. The molecule has 3 amide bonds. The third-order valence-corrected chi connectivity index (χ3v) is 6.63. The Morgan fingerprint density at radius 2 is 2.00 bits per heavy atom. The Labute approximate surface area is 196 Å². The van der Waals surface area contributed by atoms with Gasteiger partial charge < -0.3 is 15.5 Å². The molecule has 176 valence electrons. The van der Waals surface area contributed by atoms with E-state index in [0.29, 0.717) is 35.3 Å². The molecule has 1 unspecified atom stereocenters. The Bertz CT molecular complexity index is 977. The van der Waals surface area contributed by atoms with Crippen LogP contribution in [0.5, 0.6) is 0 Å². The van der Waals surface area contributed by atoms with E-state index in [-0.39, 0.29) is 11.9 Å². The largest absolute Gasteiger partial charge is 0.336 e. The van der Waals surface area contributed by atoms with Crippen LogP contribution in [0.4, 0.5) is 22.0 Å². The average molecular weight is 451 g/mol. The number of carbonyl (C=O) groups excluding carboxylic acids is 2. The van der Waals surface area contributed by atoms with Crippen molar-refractivity contribution < 1.29 is 9.59 Å². The second kappa shape index (κ2) is 10.8. The molecule has 1 saturated heterocycles. The lowest BCUT2D eigenvalue weighted by atomic mass is 10.0. The van der Waals surface area contributed by atoms with Gasteiger partial charge in [-0.1, -0.05) is 32.4 Å². The monoisotopic (exact) mass is 450 g/mol. The summed E-state index contributed by atoms with van der Waals surface area (Å²) in [7, 11) is 0. The number of hydrogen-bond donors (Lipinski definition) is 2. The van der Waals surface area contributed by atoms with Crippen molar-refractivity contribution in [2.24, 2.45) is 0 Å². The summed E-state index contributed by atoms with van der Waals surface area (Å²) in [5.41, 5.74) is 1.49. The summed E-state index contributed by atoms with van der Waals surface area (Å²) >= 11 is 0. The molecular formula is C25H34N6O2. The number of para-hydroxylation sites is 1. The maximum Gasteiger partial charge on any atom is 0.327 e. The van der Waals surface area contributed by atoms with E-state index in [1.54, 1.807) is 36.5 Å². The van der Waals surface area contributed by atoms with Crippen LogP contribution in [0.25, 0.3) is 0 Å². The van der Waals surface area contributed by atoms with E-state index in [0.717, 1.165) is 32.7 Å². The summed E-state index contributed by atoms with van der Waals surface area (Å²) in [6.07, 6.45) is 5.30. The molecule has 1 aromatic carbocycles. The molecule has 2 aliphatic rings. The smallest absolute Gasteiger partial charge is 0.327 e. The lowest BCUT2D eigenvalue weighted by Crippen LogP contribution is -2.50. The van der Waals surface area contributed by atoms with Crippen molar-refractivity contribution in [3.8, 4) is 0 Å². The highest BCUT2D eigenvalue weighted by atomic mass is 16.2. The SMILES string of the molecule is CCN(CC)CC1CCCCN1CCNC(=O)N1c2ccccc2C(=O)Nc2cccnc21. The molecule has 2 aliphatic heterocycles. The number of nitrogens with zero attached hydrogens (tertiary/aromatic N) is 4. The van der Waals surface area contributed by atoms with Gasteiger partial charge in [-0.3, -0.25) is 9.69 Å². The van der Waals surface area contributed by atoms with Crippen LogP contribution in [0.15, 0.2) is 42.6 Å². The van der Waals surface area contributed by atoms with Crippen molar-refractivity contribution in [1.29, 1.82) is 0 Å². The van der Waals surface area contributed by atoms with Crippen LogP contribution in [0.1, 0.15) is 43.5 Å². The van der Waals surface area contributed by atoms with E-state index in [1.165, 1.54) is 24.2 Å². The molecule has 0 radical (unpaired) electrons. The van der Waals surface area contributed by atoms with E-state index < -0.39 is 0 Å². The van der Waals surface area contributed by atoms with Crippen molar-refractivity contribution in [2.45, 2.75) is 39.2 Å². The zero-order valence-electron chi connectivity index (χ0n) is 19.6. The van der Waals surface area contributed by atoms with Gasteiger partial charge in [0.25, 0.3) is 5.91 Å². The van der Waals surface area contributed by atoms with E-state index in [2.05, 4.69) is 39.3 Å². The number of likely N-dealkylation sites (N-methyl/N-ethyl adjacent to an activating group) is 1. The third kappa shape index (κ3) is 5.17. The predicted octanol–water partition coefficient (Wildman–Crippen LogP) is 3.69. The van der Waals surface area contributed by atoms with Crippen LogP contribution in [0.2, 0.25) is 0 Å². The molecule has 3 heterocycles. The Morgan fingerprint density at radius 1 is 1.18 bits per heavy atom. The second-order valence-corrected chi connectivity index (χ2v) is 8.58. The van der Waals surface area contributed by atoms with Gasteiger partial charge in [-0.15, -0.1) is 0 Å². The van der Waals surface area contributed by atoms with Crippen molar-refractivity contribution in [1.82, 2.24) is 20.1 Å². The lowest BCUT2D eigenvalue weighted by Gasteiger charge is -2.38. The summed E-state index contributed by atoms with van der Waals surface area (Å²) in [4.78, 5) is 37.0. The van der Waals surface area contributed by atoms with E-state index in [4.69, 9.17) is 0 Å². The first-order chi connectivity index (χ1) is 16.1. The van der Waals surface area contributed by atoms with E-state index in [9.17, 15) is 9.59 Å². The zero-order chi connectivity index (χ0) is 23.2. The zero-order valence-corrected chi connectivity index (χ0v) is 19.6. The van der Waals surface area contributed by atoms with Gasteiger partial charge in [-0.05, 0) is 56.7 Å². The average Bonchev–Trinajstić information content (AvgIpc) is 2.97. The molecule has 0 saturated carbocycles. The normalized spacial score (nSPS) is 18.3. The Balaban J connectivity index is 1.47. The number of fused-ring (bicyclic) bond motifs is 2. The van der Waals surface area contributed by atoms with Crippen LogP contribution >= 0.6 is 0 Å². The third-order valence-electron chi connectivity index (χ3n) is 6.63. The van der Waals surface area contributed by atoms with Crippen molar-refractivity contribution in [2.75, 3.05) is 49.5 Å². The fourth-order valence-corrected chi connectivity index (χ4v) is 4.77. The molecule has 2 N–H and O–H groups in total. The van der Waals surface area contributed by atoms with Crippen LogP contribution in [0, 0.1) is 0 Å². The molecule has 1 fully saturated rings. The molecule has 1 aromatic heterocycles. The number of amides is 3. The first-order valence-corrected chi connectivity index (χ1v) is 12.0. The maximum absolute atomic E-state index is 13.4. The van der Waals surface area contributed by atoms with Gasteiger partial charge >= 0.3 is 6.03 Å². The molecule has 0 bridgehead atoms. The molecule has 0 spiro atoms. The predicted molar refractivity (Wildman–Crippen MR) is 131 cm³/mol. The number of aromatic nitrogens is 1. The lowest BCUT2D eigenvalue weighted by molar-refractivity contribution is 0.102. The van der Waals surface area contributed by atoms with Crippen molar-refractivity contribution in [3.63, 3.8) is 0 Å². The number of piperidine rings is 1. The second-order valence-electron chi connectivity index (χ2n) is 8.58. The van der Waals surface area contributed by atoms with Gasteiger partial charge in [0.1, 0.15) is 0 Å². The minimum absolute atomic E-state index is 0.247. The maximum atomic E-state index is 13.4. The highest BCUT2D eigenvalue weighted by Gasteiger charge is 2.30. The number of likely N-dealkylation sites (tertiary alicyclic amines) is 1. The standard InChI is InChI=1S/C25H34N6O2/c1-3-29(4-2)18-19-10-7-8-16-30(19)17-15-27-25(33)31-22-13-6-5-11-20(22)24(32)28-21-12-9-14-26-23(21)31/h5-6,9,11-14,19H,3-4,7-8,10,15-18H2,1-2H3,(H,27,33)(H,28,32). The number of benzene rings is 1. The molecule has 8 nitrogen and oxygen atoms in total. The number of hydrogen-bond acceptors (Lipinski definition) is 5. The molecule has 33 heavy (non-hydrogen) atoms. The number of carbonyl (C=O) groups is 2. The Morgan fingerprint density at radius 3 is 2.82 bits per heavy atom. The first kappa shape index (κ1) is 23.2. The van der Waals surface area contributed by atoms with Gasteiger partial charge in [0.15, 0.2) is 5.82 Å². The van der Waals surface area contributed by atoms with Crippen LogP contribution in [-0.2, 0) is 0 Å². The van der Waals surface area contributed by atoms with Crippen LogP contribution in [0.3, 0.4) is 0 Å². The summed E-state index contributed by atoms with van der Waals surface area (Å²) in [5, 5.41) is 5.95. The minimum Gasteiger partial charge on any atom is -0.336 e. The highest BCUT2D eigenvalue weighted by Crippen LogP contribution is 2.35. The Hall–Kier alpha value is -2.97. The van der Waals surface area contributed by atoms with Gasteiger partial charge in [0, 0.05) is 31.9 Å². The quantitative estimate of drug-likeness (QED) is 0.672. The minimum atomic E-state index is -0.281. The molecule has 1 atom stereocenters. The molecule has 2 aromatic rings. The van der Waals surface area contributed by atoms with Gasteiger partial charge in [-0.2, -0.15) is 0 Å². The summed E-state index contributed by atoms with van der Waals surface area (Å²) in [6, 6.07) is 10.9. The molecule has 4 rings (SSSR count). The van der Waals surface area contributed by atoms with Gasteiger partial charge in [-0.25, -0.2) is 14.7 Å². The van der Waals surface area contributed by atoms with Crippen molar-refractivity contribution >= 4 is 29.1 Å². The Kier molecular flexibility index (Phi) is 7.57.